The molecule has 1 aliphatic carbocycles. The highest BCUT2D eigenvalue weighted by atomic mass is 15.2. The molecule has 0 bridgehead atoms. The zero-order valence-electron chi connectivity index (χ0n) is 5.22. The van der Waals surface area contributed by atoms with Gasteiger partial charge in [0.15, 0.2) is 0 Å². The van der Waals surface area contributed by atoms with Crippen molar-refractivity contribution in [2.45, 2.75) is 12.8 Å². The summed E-state index contributed by atoms with van der Waals surface area (Å²) in [5, 5.41) is 0. The molecule has 0 saturated heterocycles. The first kappa shape index (κ1) is 6.16. The summed E-state index contributed by atoms with van der Waals surface area (Å²) in [5.41, 5.74) is 9.79. The molecule has 0 unspecified atom stereocenters. The van der Waals surface area contributed by atoms with Gasteiger partial charge < -0.3 is 11.2 Å². The summed E-state index contributed by atoms with van der Waals surface area (Å²) in [6.07, 6.45) is 5.87. The largest absolute Gasteiger partial charge is 0.397 e. The van der Waals surface area contributed by atoms with E-state index in [9.17, 15) is 0 Å². The predicted octanol–water partition coefficient (Wildman–Crippen LogP) is -0.0300. The third kappa shape index (κ3) is 1.23. The second-order valence-electron chi connectivity index (χ2n) is 2.02. The SMILES string of the molecule is NNC1=C(N)C=CCC1. The van der Waals surface area contributed by atoms with E-state index in [0.717, 1.165) is 24.2 Å². The van der Waals surface area contributed by atoms with Crippen LogP contribution < -0.4 is 17.0 Å². The average molecular weight is 125 g/mol. The summed E-state index contributed by atoms with van der Waals surface area (Å²) in [4.78, 5) is 0. The van der Waals surface area contributed by atoms with Gasteiger partial charge >= 0.3 is 0 Å². The maximum absolute atomic E-state index is 5.54. The van der Waals surface area contributed by atoms with Gasteiger partial charge in [-0.1, -0.05) is 6.08 Å². The lowest BCUT2D eigenvalue weighted by atomic mass is 10.1. The number of hydrazine groups is 1. The highest BCUT2D eigenvalue weighted by Crippen LogP contribution is 2.10. The molecule has 0 atom stereocenters. The summed E-state index contributed by atoms with van der Waals surface area (Å²) >= 11 is 0. The first-order chi connectivity index (χ1) is 4.34. The fourth-order valence-electron chi connectivity index (χ4n) is 0.838. The minimum Gasteiger partial charge on any atom is -0.397 e. The maximum Gasteiger partial charge on any atom is 0.0517 e. The van der Waals surface area contributed by atoms with Gasteiger partial charge in [0.25, 0.3) is 0 Å². The van der Waals surface area contributed by atoms with Gasteiger partial charge in [0.2, 0.25) is 0 Å². The zero-order chi connectivity index (χ0) is 6.69. The highest BCUT2D eigenvalue weighted by Gasteiger charge is 2.01. The summed E-state index contributed by atoms with van der Waals surface area (Å²) in [6, 6.07) is 0. The first-order valence-corrected chi connectivity index (χ1v) is 2.96. The molecule has 0 aromatic rings. The summed E-state index contributed by atoms with van der Waals surface area (Å²) in [6.45, 7) is 0. The fourth-order valence-corrected chi connectivity index (χ4v) is 0.838. The molecule has 3 nitrogen and oxygen atoms in total. The smallest absolute Gasteiger partial charge is 0.0517 e. The number of hydrogen-bond donors (Lipinski definition) is 3. The number of hydrogen-bond acceptors (Lipinski definition) is 3. The Balaban J connectivity index is 2.72. The van der Waals surface area contributed by atoms with E-state index in [4.69, 9.17) is 11.6 Å². The normalized spacial score (nSPS) is 18.3. The molecule has 0 amide bonds. The van der Waals surface area contributed by atoms with E-state index in [1.54, 1.807) is 0 Å². The van der Waals surface area contributed by atoms with Crippen LogP contribution in [-0.2, 0) is 0 Å². The molecule has 0 heterocycles. The average Bonchev–Trinajstić information content (AvgIpc) is 1.89. The molecule has 0 aromatic heterocycles. The molecule has 3 heteroatoms. The van der Waals surface area contributed by atoms with Crippen LogP contribution in [0.2, 0.25) is 0 Å². The molecule has 5 N–H and O–H groups in total. The monoisotopic (exact) mass is 125 g/mol. The van der Waals surface area contributed by atoms with E-state index in [1.165, 1.54) is 0 Å². The number of nitrogens with one attached hydrogen (secondary N) is 1. The lowest BCUT2D eigenvalue weighted by Gasteiger charge is -2.10. The summed E-state index contributed by atoms with van der Waals surface area (Å²) in [7, 11) is 0. The molecule has 9 heavy (non-hydrogen) atoms. The van der Waals surface area contributed by atoms with E-state index >= 15 is 0 Å². The third-order valence-electron chi connectivity index (χ3n) is 1.38. The molecule has 50 valence electrons. The Kier molecular flexibility index (Phi) is 1.75. The van der Waals surface area contributed by atoms with Crippen LogP contribution >= 0.6 is 0 Å². The molecule has 0 spiro atoms. The van der Waals surface area contributed by atoms with Crippen LogP contribution in [0.25, 0.3) is 0 Å². The van der Waals surface area contributed by atoms with Crippen molar-refractivity contribution in [3.63, 3.8) is 0 Å². The van der Waals surface area contributed by atoms with Gasteiger partial charge in [-0.15, -0.1) is 0 Å². The molecular weight excluding hydrogens is 114 g/mol. The van der Waals surface area contributed by atoms with Crippen LogP contribution in [0.4, 0.5) is 0 Å². The Labute approximate surface area is 54.4 Å². The zero-order valence-corrected chi connectivity index (χ0v) is 5.22. The highest BCUT2D eigenvalue weighted by molar-refractivity contribution is 5.24. The van der Waals surface area contributed by atoms with Crippen molar-refractivity contribution in [3.8, 4) is 0 Å². The van der Waals surface area contributed by atoms with Crippen molar-refractivity contribution < 1.29 is 0 Å². The Morgan fingerprint density at radius 3 is 2.78 bits per heavy atom. The van der Waals surface area contributed by atoms with Crippen LogP contribution in [0, 0.1) is 0 Å². The van der Waals surface area contributed by atoms with Crippen molar-refractivity contribution in [3.05, 3.63) is 23.5 Å². The van der Waals surface area contributed by atoms with E-state index < -0.39 is 0 Å². The fraction of sp³-hybridized carbons (Fsp3) is 0.333. The minimum absolute atomic E-state index is 0.753. The molecule has 0 saturated carbocycles. The lowest BCUT2D eigenvalue weighted by Crippen LogP contribution is -2.25. The minimum atomic E-state index is 0.753. The van der Waals surface area contributed by atoms with Gasteiger partial charge in [0.1, 0.15) is 0 Å². The van der Waals surface area contributed by atoms with Gasteiger partial charge in [-0.25, -0.2) is 0 Å². The van der Waals surface area contributed by atoms with Crippen LogP contribution in [0.5, 0.6) is 0 Å². The predicted molar refractivity (Wildman–Crippen MR) is 36.9 cm³/mol. The first-order valence-electron chi connectivity index (χ1n) is 2.96. The number of nitrogens with two attached hydrogens (primary N) is 2. The van der Waals surface area contributed by atoms with E-state index in [-0.39, 0.29) is 0 Å². The second-order valence-corrected chi connectivity index (χ2v) is 2.02. The van der Waals surface area contributed by atoms with Gasteiger partial charge in [-0.2, -0.15) is 0 Å². The van der Waals surface area contributed by atoms with E-state index in [1.807, 2.05) is 12.2 Å². The Hall–Kier alpha value is -0.960. The standard InChI is InChI=1S/C6H11N3/c7-5-3-1-2-4-6(5)9-8/h1,3,9H,2,4,7-8H2. The molecule has 0 aliphatic heterocycles. The van der Waals surface area contributed by atoms with Gasteiger partial charge in [0, 0.05) is 5.70 Å². The molecular formula is C6H11N3. The van der Waals surface area contributed by atoms with Crippen molar-refractivity contribution in [1.82, 2.24) is 5.43 Å². The van der Waals surface area contributed by atoms with Gasteiger partial charge in [-0.3, -0.25) is 5.84 Å². The number of allylic oxidation sites excluding steroid dienone is 3. The van der Waals surface area contributed by atoms with Crippen molar-refractivity contribution >= 4 is 0 Å². The Morgan fingerprint density at radius 1 is 1.56 bits per heavy atom. The summed E-state index contributed by atoms with van der Waals surface area (Å²) < 4.78 is 0. The number of rotatable bonds is 1. The Morgan fingerprint density at radius 2 is 2.33 bits per heavy atom. The van der Waals surface area contributed by atoms with E-state index in [2.05, 4.69) is 5.43 Å². The Bertz CT molecular complexity index is 158. The van der Waals surface area contributed by atoms with Crippen molar-refractivity contribution in [2.75, 3.05) is 0 Å². The van der Waals surface area contributed by atoms with Crippen LogP contribution in [0.15, 0.2) is 23.5 Å². The molecule has 0 radical (unpaired) electrons. The van der Waals surface area contributed by atoms with Gasteiger partial charge in [0.05, 0.1) is 5.70 Å². The lowest BCUT2D eigenvalue weighted by molar-refractivity contribution is 0.771. The quantitative estimate of drug-likeness (QED) is 0.340. The second kappa shape index (κ2) is 2.55. The topological polar surface area (TPSA) is 64.1 Å². The molecule has 1 rings (SSSR count). The van der Waals surface area contributed by atoms with Crippen LogP contribution in [-0.4, -0.2) is 0 Å². The molecule has 0 aromatic carbocycles. The van der Waals surface area contributed by atoms with Crippen molar-refractivity contribution in [2.24, 2.45) is 11.6 Å². The molecule has 0 fully saturated rings. The van der Waals surface area contributed by atoms with Crippen molar-refractivity contribution in [1.29, 1.82) is 0 Å². The van der Waals surface area contributed by atoms with E-state index in [0.29, 0.717) is 0 Å². The van der Waals surface area contributed by atoms with Gasteiger partial charge in [-0.05, 0) is 18.9 Å². The van der Waals surface area contributed by atoms with Crippen LogP contribution in [0.3, 0.4) is 0 Å². The van der Waals surface area contributed by atoms with Crippen LogP contribution in [0.1, 0.15) is 12.8 Å². The molecule has 1 aliphatic rings. The summed E-state index contributed by atoms with van der Waals surface area (Å²) in [5.74, 6) is 5.17. The maximum atomic E-state index is 5.54. The third-order valence-corrected chi connectivity index (χ3v) is 1.38.